The minimum atomic E-state index is -3.62. The zero-order valence-corrected chi connectivity index (χ0v) is 14.6. The van der Waals surface area contributed by atoms with E-state index in [-0.39, 0.29) is 11.6 Å². The molecule has 0 bridgehead atoms. The molecule has 0 saturated carbocycles. The van der Waals surface area contributed by atoms with E-state index in [1.54, 1.807) is 53.8 Å². The Bertz CT molecular complexity index is 912. The standard InChI is InChI=1S/C14H18N8O2S/c1-11-18-14(10-21(11)2)25(23,24)17-8-7-15-12-4-5-13(20-19-12)22-9-3-6-16-22/h3-6,9-10,17H,7-8H2,1-2H3,(H,15,19). The molecule has 0 spiro atoms. The maximum absolute atomic E-state index is 12.1. The second kappa shape index (κ2) is 6.99. The molecule has 0 fully saturated rings. The summed E-state index contributed by atoms with van der Waals surface area (Å²) in [5.74, 6) is 1.77. The fourth-order valence-corrected chi connectivity index (χ4v) is 3.12. The van der Waals surface area contributed by atoms with Crippen molar-refractivity contribution in [1.29, 1.82) is 0 Å². The number of aryl methyl sites for hydroxylation is 2. The Balaban J connectivity index is 1.51. The molecule has 10 nitrogen and oxygen atoms in total. The average molecular weight is 362 g/mol. The van der Waals surface area contributed by atoms with Gasteiger partial charge in [-0.1, -0.05) is 0 Å². The predicted molar refractivity (Wildman–Crippen MR) is 90.8 cm³/mol. The third kappa shape index (κ3) is 4.00. The number of rotatable bonds is 7. The van der Waals surface area contributed by atoms with Crippen LogP contribution in [0, 0.1) is 6.92 Å². The number of imidazole rings is 1. The highest BCUT2D eigenvalue weighted by molar-refractivity contribution is 7.89. The van der Waals surface area contributed by atoms with Crippen LogP contribution in [0.4, 0.5) is 5.82 Å². The van der Waals surface area contributed by atoms with Gasteiger partial charge in [0, 0.05) is 38.7 Å². The zero-order chi connectivity index (χ0) is 17.9. The van der Waals surface area contributed by atoms with Crippen LogP contribution in [0.25, 0.3) is 5.82 Å². The van der Waals surface area contributed by atoms with E-state index in [1.807, 2.05) is 0 Å². The summed E-state index contributed by atoms with van der Waals surface area (Å²) < 4.78 is 30.0. The van der Waals surface area contributed by atoms with Crippen molar-refractivity contribution in [3.63, 3.8) is 0 Å². The van der Waals surface area contributed by atoms with Crippen LogP contribution in [0.2, 0.25) is 0 Å². The molecule has 0 aliphatic carbocycles. The van der Waals surface area contributed by atoms with Crippen molar-refractivity contribution in [3.8, 4) is 5.82 Å². The first-order chi connectivity index (χ1) is 12.0. The summed E-state index contributed by atoms with van der Waals surface area (Å²) in [5.41, 5.74) is 0. The third-order valence-electron chi connectivity index (χ3n) is 3.47. The molecule has 2 N–H and O–H groups in total. The van der Waals surface area contributed by atoms with Gasteiger partial charge in [-0.15, -0.1) is 10.2 Å². The number of anilines is 1. The molecule has 0 radical (unpaired) electrons. The van der Waals surface area contributed by atoms with Gasteiger partial charge in [0.2, 0.25) is 0 Å². The molecule has 132 valence electrons. The van der Waals surface area contributed by atoms with Gasteiger partial charge >= 0.3 is 0 Å². The molecule has 0 aliphatic heterocycles. The quantitative estimate of drug-likeness (QED) is 0.572. The van der Waals surface area contributed by atoms with Gasteiger partial charge in [-0.3, -0.25) is 0 Å². The number of nitrogens with one attached hydrogen (secondary N) is 2. The Morgan fingerprint density at radius 3 is 2.64 bits per heavy atom. The summed E-state index contributed by atoms with van der Waals surface area (Å²) in [4.78, 5) is 4.01. The molecule has 3 aromatic heterocycles. The van der Waals surface area contributed by atoms with E-state index in [9.17, 15) is 8.42 Å². The lowest BCUT2D eigenvalue weighted by Gasteiger charge is -2.07. The van der Waals surface area contributed by atoms with Crippen LogP contribution in [0.15, 0.2) is 41.8 Å². The maximum atomic E-state index is 12.1. The van der Waals surface area contributed by atoms with Crippen molar-refractivity contribution in [2.75, 3.05) is 18.4 Å². The molecule has 25 heavy (non-hydrogen) atoms. The van der Waals surface area contributed by atoms with Crippen molar-refractivity contribution in [2.45, 2.75) is 11.9 Å². The Morgan fingerprint density at radius 1 is 1.20 bits per heavy atom. The normalized spacial score (nSPS) is 11.6. The molecule has 0 aromatic carbocycles. The topological polar surface area (TPSA) is 120 Å². The van der Waals surface area contributed by atoms with Crippen LogP contribution in [0.5, 0.6) is 0 Å². The van der Waals surface area contributed by atoms with Crippen LogP contribution in [0.3, 0.4) is 0 Å². The Hall–Kier alpha value is -2.79. The monoisotopic (exact) mass is 362 g/mol. The fraction of sp³-hybridized carbons (Fsp3) is 0.286. The molecule has 3 rings (SSSR count). The summed E-state index contributed by atoms with van der Waals surface area (Å²) in [6.45, 7) is 2.30. The van der Waals surface area contributed by atoms with Crippen molar-refractivity contribution in [2.24, 2.45) is 7.05 Å². The Morgan fingerprint density at radius 2 is 2.04 bits per heavy atom. The van der Waals surface area contributed by atoms with Gasteiger partial charge in [0.05, 0.1) is 0 Å². The Labute approximate surface area is 145 Å². The third-order valence-corrected chi connectivity index (χ3v) is 4.81. The number of nitrogens with zero attached hydrogens (tertiary/aromatic N) is 6. The lowest BCUT2D eigenvalue weighted by molar-refractivity contribution is 0.579. The molecule has 0 amide bonds. The smallest absolute Gasteiger partial charge is 0.259 e. The van der Waals surface area contributed by atoms with E-state index >= 15 is 0 Å². The van der Waals surface area contributed by atoms with E-state index in [0.717, 1.165) is 0 Å². The molecule has 0 unspecified atom stereocenters. The highest BCUT2D eigenvalue weighted by atomic mass is 32.2. The van der Waals surface area contributed by atoms with E-state index in [1.165, 1.54) is 6.20 Å². The van der Waals surface area contributed by atoms with Crippen LogP contribution in [-0.4, -0.2) is 51.0 Å². The molecular weight excluding hydrogens is 344 g/mol. The molecule has 3 aromatic rings. The molecule has 3 heterocycles. The van der Waals surface area contributed by atoms with Crippen molar-refractivity contribution < 1.29 is 8.42 Å². The van der Waals surface area contributed by atoms with E-state index < -0.39 is 10.0 Å². The van der Waals surface area contributed by atoms with E-state index in [0.29, 0.717) is 24.0 Å². The zero-order valence-electron chi connectivity index (χ0n) is 13.8. The van der Waals surface area contributed by atoms with Crippen molar-refractivity contribution in [1.82, 2.24) is 34.3 Å². The van der Waals surface area contributed by atoms with Gasteiger partial charge in [0.1, 0.15) is 11.6 Å². The number of hydrogen-bond acceptors (Lipinski definition) is 7. The van der Waals surface area contributed by atoms with Gasteiger partial charge < -0.3 is 9.88 Å². The first-order valence-electron chi connectivity index (χ1n) is 7.53. The summed E-state index contributed by atoms with van der Waals surface area (Å²) >= 11 is 0. The summed E-state index contributed by atoms with van der Waals surface area (Å²) in [5, 5.41) is 15.1. The van der Waals surface area contributed by atoms with Crippen LogP contribution in [-0.2, 0) is 17.1 Å². The maximum Gasteiger partial charge on any atom is 0.259 e. The van der Waals surface area contributed by atoms with E-state index in [2.05, 4.69) is 30.3 Å². The van der Waals surface area contributed by atoms with Gasteiger partial charge in [0.15, 0.2) is 10.8 Å². The molecule has 0 atom stereocenters. The minimum Gasteiger partial charge on any atom is -0.367 e. The molecule has 0 aliphatic rings. The second-order valence-electron chi connectivity index (χ2n) is 5.29. The summed E-state index contributed by atoms with van der Waals surface area (Å²) in [6, 6.07) is 5.31. The van der Waals surface area contributed by atoms with Crippen LogP contribution >= 0.6 is 0 Å². The summed E-state index contributed by atoms with van der Waals surface area (Å²) in [7, 11) is -1.88. The van der Waals surface area contributed by atoms with Crippen molar-refractivity contribution in [3.05, 3.63) is 42.6 Å². The average Bonchev–Trinajstić information content (AvgIpc) is 3.23. The number of sulfonamides is 1. The highest BCUT2D eigenvalue weighted by Crippen LogP contribution is 2.07. The number of aromatic nitrogens is 6. The first-order valence-corrected chi connectivity index (χ1v) is 9.01. The summed E-state index contributed by atoms with van der Waals surface area (Å²) in [6.07, 6.45) is 4.90. The minimum absolute atomic E-state index is 0.0101. The van der Waals surface area contributed by atoms with E-state index in [4.69, 9.17) is 0 Å². The SMILES string of the molecule is Cc1nc(S(=O)(=O)NCCNc2ccc(-n3cccn3)nn2)cn1C. The van der Waals surface area contributed by atoms with Crippen molar-refractivity contribution >= 4 is 15.8 Å². The van der Waals surface area contributed by atoms with Gasteiger partial charge in [-0.25, -0.2) is 22.8 Å². The second-order valence-corrected chi connectivity index (χ2v) is 7.00. The fourth-order valence-electron chi connectivity index (χ4n) is 2.05. The Kier molecular flexibility index (Phi) is 4.76. The highest BCUT2D eigenvalue weighted by Gasteiger charge is 2.17. The lowest BCUT2D eigenvalue weighted by atomic mass is 10.5. The van der Waals surface area contributed by atoms with Gasteiger partial charge in [0.25, 0.3) is 10.0 Å². The molecule has 11 heteroatoms. The van der Waals surface area contributed by atoms with Gasteiger partial charge in [-0.2, -0.15) is 5.10 Å². The van der Waals surface area contributed by atoms with Crippen LogP contribution in [0.1, 0.15) is 5.82 Å². The van der Waals surface area contributed by atoms with Crippen LogP contribution < -0.4 is 10.0 Å². The lowest BCUT2D eigenvalue weighted by Crippen LogP contribution is -2.29. The predicted octanol–water partition coefficient (Wildman–Crippen LogP) is 0.0946. The first kappa shape index (κ1) is 17.0. The molecular formula is C14H18N8O2S. The molecule has 0 saturated heterocycles. The number of hydrogen-bond donors (Lipinski definition) is 2. The largest absolute Gasteiger partial charge is 0.367 e. The van der Waals surface area contributed by atoms with Gasteiger partial charge in [-0.05, 0) is 25.1 Å².